The van der Waals surface area contributed by atoms with Crippen molar-refractivity contribution in [1.82, 2.24) is 0 Å². The summed E-state index contributed by atoms with van der Waals surface area (Å²) in [6.07, 6.45) is 6.53. The maximum atomic E-state index is 5.06. The second kappa shape index (κ2) is 6.91. The molecule has 0 saturated carbocycles. The molecule has 0 aliphatic heterocycles. The van der Waals surface area contributed by atoms with Crippen molar-refractivity contribution in [1.29, 1.82) is 0 Å². The molecule has 0 amide bonds. The molecule has 1 heteroatoms. The van der Waals surface area contributed by atoms with Crippen LogP contribution in [-0.4, -0.2) is 6.21 Å². The molecule has 0 bridgehead atoms. The lowest BCUT2D eigenvalue weighted by Crippen LogP contribution is -1.77. The smallest absolute Gasteiger partial charge is 0.0771 e. The molecule has 0 heterocycles. The molecule has 1 aromatic carbocycles. The number of terminal acetylenes is 1. The first-order chi connectivity index (χ1) is 6.74. The van der Waals surface area contributed by atoms with Crippen molar-refractivity contribution in [2.75, 3.05) is 0 Å². The zero-order valence-electron chi connectivity index (χ0n) is 9.33. The van der Waals surface area contributed by atoms with Crippen LogP contribution in [0.4, 0.5) is 5.69 Å². The van der Waals surface area contributed by atoms with Crippen LogP contribution in [0.25, 0.3) is 0 Å². The summed E-state index contributed by atoms with van der Waals surface area (Å²) in [5.74, 6) is 2.37. The monoisotopic (exact) mass is 187 g/mol. The Morgan fingerprint density at radius 1 is 1.29 bits per heavy atom. The van der Waals surface area contributed by atoms with Gasteiger partial charge < -0.3 is 0 Å². The average molecular weight is 187 g/mol. The maximum absolute atomic E-state index is 5.06. The number of nitrogens with zero attached hydrogens (tertiary/aromatic N) is 1. The second-order valence-electron chi connectivity index (χ2n) is 2.71. The lowest BCUT2D eigenvalue weighted by Gasteiger charge is -1.99. The fourth-order valence-electron chi connectivity index (χ4n) is 1.06. The van der Waals surface area contributed by atoms with Crippen molar-refractivity contribution in [3.8, 4) is 12.3 Å². The van der Waals surface area contributed by atoms with E-state index < -0.39 is 0 Å². The van der Waals surface area contributed by atoms with E-state index in [0.717, 1.165) is 11.3 Å². The quantitative estimate of drug-likeness (QED) is 0.470. The molecule has 1 nitrogen and oxygen atoms in total. The Bertz CT molecular complexity index is 343. The number of hydrogen-bond acceptors (Lipinski definition) is 1. The summed E-state index contributed by atoms with van der Waals surface area (Å²) in [7, 11) is 0. The van der Waals surface area contributed by atoms with Crippen LogP contribution in [0.1, 0.15) is 25.0 Å². The van der Waals surface area contributed by atoms with Gasteiger partial charge in [-0.05, 0) is 25.5 Å². The van der Waals surface area contributed by atoms with Crippen LogP contribution in [0.15, 0.2) is 23.2 Å². The molecule has 0 unspecified atom stereocenters. The van der Waals surface area contributed by atoms with E-state index in [-0.39, 0.29) is 0 Å². The predicted octanol–water partition coefficient (Wildman–Crippen LogP) is 3.67. The van der Waals surface area contributed by atoms with Gasteiger partial charge >= 0.3 is 0 Å². The minimum Gasteiger partial charge on any atom is -0.248 e. The fourth-order valence-corrected chi connectivity index (χ4v) is 1.06. The van der Waals surface area contributed by atoms with E-state index in [2.05, 4.69) is 23.9 Å². The summed E-state index contributed by atoms with van der Waals surface area (Å²) >= 11 is 0. The lowest BCUT2D eigenvalue weighted by molar-refractivity contribution is 1.35. The average Bonchev–Trinajstić information content (AvgIpc) is 2.20. The highest BCUT2D eigenvalue weighted by Crippen LogP contribution is 2.18. The first kappa shape index (κ1) is 12.4. The summed E-state index contributed by atoms with van der Waals surface area (Å²) in [4.78, 5) is 4.10. The number of rotatable bonds is 1. The van der Waals surface area contributed by atoms with Gasteiger partial charge in [0.15, 0.2) is 0 Å². The molecule has 0 fully saturated rings. The number of aliphatic imine (C=N–C) groups is 1. The van der Waals surface area contributed by atoms with Gasteiger partial charge in [0, 0.05) is 0 Å². The fraction of sp³-hybridized carbons (Fsp3) is 0.308. The summed E-state index contributed by atoms with van der Waals surface area (Å²) in [5.41, 5.74) is 3.34. The van der Waals surface area contributed by atoms with E-state index in [1.54, 1.807) is 0 Å². The number of aryl methyl sites for hydroxylation is 2. The Kier molecular flexibility index (Phi) is 6.15. The highest BCUT2D eigenvalue weighted by atomic mass is 14.7. The van der Waals surface area contributed by atoms with Crippen LogP contribution in [0.2, 0.25) is 0 Å². The zero-order valence-corrected chi connectivity index (χ0v) is 9.33. The van der Waals surface area contributed by atoms with Gasteiger partial charge in [-0.1, -0.05) is 37.5 Å². The number of benzene rings is 1. The van der Waals surface area contributed by atoms with Gasteiger partial charge in [-0.15, -0.1) is 6.42 Å². The normalized spacial score (nSPS) is 9.07. The van der Waals surface area contributed by atoms with Gasteiger partial charge in [0.1, 0.15) is 0 Å². The Labute approximate surface area is 86.9 Å². The second-order valence-corrected chi connectivity index (χ2v) is 2.71. The first-order valence-corrected chi connectivity index (χ1v) is 4.80. The molecule has 0 aliphatic carbocycles. The molecule has 1 aromatic rings. The molecule has 0 aromatic heterocycles. The topological polar surface area (TPSA) is 12.4 Å². The van der Waals surface area contributed by atoms with Crippen LogP contribution in [0.5, 0.6) is 0 Å². The lowest BCUT2D eigenvalue weighted by atomic mass is 10.1. The molecule has 0 spiro atoms. The van der Waals surface area contributed by atoms with Crippen molar-refractivity contribution < 1.29 is 0 Å². The van der Waals surface area contributed by atoms with E-state index in [4.69, 9.17) is 6.42 Å². The van der Waals surface area contributed by atoms with Crippen LogP contribution < -0.4 is 0 Å². The van der Waals surface area contributed by atoms with Crippen LogP contribution in [0.3, 0.4) is 0 Å². The van der Waals surface area contributed by atoms with Gasteiger partial charge in [0.25, 0.3) is 0 Å². The largest absolute Gasteiger partial charge is 0.248 e. The highest BCUT2D eigenvalue weighted by Gasteiger charge is 1.93. The van der Waals surface area contributed by atoms with Crippen molar-refractivity contribution in [2.45, 2.75) is 27.7 Å². The molecular formula is C13H17N. The third-order valence-electron chi connectivity index (χ3n) is 1.63. The standard InChI is InChI=1S/C11H11N.C2H6/c1-4-7-12-11-6-5-9(2)8-10(11)3;1-2/h1,5-8H,2-3H3;1-2H3. The third-order valence-corrected chi connectivity index (χ3v) is 1.63. The first-order valence-electron chi connectivity index (χ1n) is 4.80. The molecule has 0 atom stereocenters. The summed E-state index contributed by atoms with van der Waals surface area (Å²) in [6.45, 7) is 8.08. The van der Waals surface area contributed by atoms with Gasteiger partial charge in [-0.3, -0.25) is 0 Å². The summed E-state index contributed by atoms with van der Waals surface area (Å²) in [6, 6.07) is 6.08. The molecule has 0 N–H and O–H groups in total. The van der Waals surface area contributed by atoms with Gasteiger partial charge in [0.2, 0.25) is 0 Å². The Hall–Kier alpha value is -1.55. The van der Waals surface area contributed by atoms with Gasteiger partial charge in [-0.25, -0.2) is 4.99 Å². The Morgan fingerprint density at radius 2 is 1.93 bits per heavy atom. The van der Waals surface area contributed by atoms with Crippen LogP contribution in [0, 0.1) is 26.2 Å². The van der Waals surface area contributed by atoms with E-state index in [9.17, 15) is 0 Å². The SMILES string of the molecule is C#CC=Nc1ccc(C)cc1C.CC. The molecule has 74 valence electrons. The van der Waals surface area contributed by atoms with Crippen LogP contribution >= 0.6 is 0 Å². The Balaban J connectivity index is 0.000000791. The summed E-state index contributed by atoms with van der Waals surface area (Å²) in [5, 5.41) is 0. The predicted molar refractivity (Wildman–Crippen MR) is 64.2 cm³/mol. The van der Waals surface area contributed by atoms with E-state index in [1.165, 1.54) is 11.8 Å². The molecular weight excluding hydrogens is 170 g/mol. The van der Waals surface area contributed by atoms with Gasteiger partial charge in [0.05, 0.1) is 11.9 Å². The van der Waals surface area contributed by atoms with E-state index in [1.807, 2.05) is 32.9 Å². The maximum Gasteiger partial charge on any atom is 0.0771 e. The zero-order chi connectivity index (χ0) is 11.0. The highest BCUT2D eigenvalue weighted by molar-refractivity contribution is 5.80. The minimum atomic E-state index is 0.943. The molecule has 0 saturated heterocycles. The van der Waals surface area contributed by atoms with Crippen molar-refractivity contribution >= 4 is 11.9 Å². The molecule has 0 radical (unpaired) electrons. The molecule has 1 rings (SSSR count). The van der Waals surface area contributed by atoms with E-state index >= 15 is 0 Å². The third kappa shape index (κ3) is 3.91. The van der Waals surface area contributed by atoms with Crippen molar-refractivity contribution in [3.63, 3.8) is 0 Å². The van der Waals surface area contributed by atoms with E-state index in [0.29, 0.717) is 0 Å². The summed E-state index contributed by atoms with van der Waals surface area (Å²) < 4.78 is 0. The van der Waals surface area contributed by atoms with Crippen LogP contribution in [-0.2, 0) is 0 Å². The Morgan fingerprint density at radius 3 is 2.43 bits per heavy atom. The van der Waals surface area contributed by atoms with Crippen molar-refractivity contribution in [3.05, 3.63) is 29.3 Å². The molecule has 0 aliphatic rings. The number of hydrogen-bond donors (Lipinski definition) is 0. The van der Waals surface area contributed by atoms with Gasteiger partial charge in [-0.2, -0.15) is 0 Å². The van der Waals surface area contributed by atoms with Crippen molar-refractivity contribution in [2.24, 2.45) is 4.99 Å². The molecule has 14 heavy (non-hydrogen) atoms. The minimum absolute atomic E-state index is 0.943.